The molecule has 30 heavy (non-hydrogen) atoms. The molecule has 1 aliphatic heterocycles. The molecule has 1 aliphatic carbocycles. The molecule has 2 N–H and O–H groups in total. The van der Waals surface area contributed by atoms with E-state index in [0.717, 1.165) is 50.3 Å². The second-order valence-corrected chi connectivity index (χ2v) is 8.30. The maximum Gasteiger partial charge on any atom is 0.228 e. The zero-order valence-corrected chi connectivity index (χ0v) is 17.5. The lowest BCUT2D eigenvalue weighted by Crippen LogP contribution is -2.35. The van der Waals surface area contributed by atoms with Gasteiger partial charge < -0.3 is 19.9 Å². The number of aliphatic hydroxyl groups excluding tert-OH is 1. The van der Waals surface area contributed by atoms with Crippen LogP contribution in [0.5, 0.6) is 11.5 Å². The summed E-state index contributed by atoms with van der Waals surface area (Å²) < 4.78 is 10.9. The van der Waals surface area contributed by atoms with Crippen molar-refractivity contribution < 1.29 is 19.4 Å². The molecule has 4 rings (SSSR count). The van der Waals surface area contributed by atoms with Gasteiger partial charge in [0.25, 0.3) is 0 Å². The van der Waals surface area contributed by atoms with E-state index in [9.17, 15) is 4.79 Å². The molecule has 0 unspecified atom stereocenters. The number of likely N-dealkylation sites (tertiary alicyclic amines) is 1. The van der Waals surface area contributed by atoms with Gasteiger partial charge in [0.05, 0.1) is 19.4 Å². The van der Waals surface area contributed by atoms with Crippen molar-refractivity contribution >= 4 is 11.6 Å². The maximum atomic E-state index is 12.8. The number of carbonyl (C=O) groups excluding carboxylic acids is 1. The number of ether oxygens (including phenoxy) is 2. The molecule has 1 amide bonds. The number of anilines is 1. The second-order valence-electron chi connectivity index (χ2n) is 8.30. The number of hydrogen-bond acceptors (Lipinski definition) is 5. The molecular weight excluding hydrogens is 380 g/mol. The summed E-state index contributed by atoms with van der Waals surface area (Å²) in [7, 11) is 1.62. The molecule has 2 aliphatic rings. The molecule has 0 aromatic heterocycles. The van der Waals surface area contributed by atoms with Crippen LogP contribution >= 0.6 is 0 Å². The highest BCUT2D eigenvalue weighted by Gasteiger charge is 2.58. The lowest BCUT2D eigenvalue weighted by Gasteiger charge is -2.33. The fourth-order valence-electron chi connectivity index (χ4n) is 4.55. The van der Waals surface area contributed by atoms with Crippen LogP contribution < -0.4 is 14.8 Å². The SMILES string of the molecule is COc1ccccc1NC(=O)[C@H]1CC12CCN(Cc1cccc(OCCO)c1)CC2. The first-order valence-electron chi connectivity index (χ1n) is 10.6. The van der Waals surface area contributed by atoms with Gasteiger partial charge in [0.1, 0.15) is 18.1 Å². The number of rotatable bonds is 8. The zero-order valence-electron chi connectivity index (χ0n) is 17.5. The van der Waals surface area contributed by atoms with Crippen LogP contribution in [-0.4, -0.2) is 49.3 Å². The largest absolute Gasteiger partial charge is 0.495 e. The van der Waals surface area contributed by atoms with Crippen LogP contribution in [0.2, 0.25) is 0 Å². The molecule has 1 saturated carbocycles. The number of nitrogens with zero attached hydrogens (tertiary/aromatic N) is 1. The van der Waals surface area contributed by atoms with Crippen molar-refractivity contribution in [2.45, 2.75) is 25.8 Å². The molecule has 6 heteroatoms. The summed E-state index contributed by atoms with van der Waals surface area (Å²) in [6.45, 7) is 3.21. The van der Waals surface area contributed by atoms with Crippen LogP contribution in [0.4, 0.5) is 5.69 Å². The first-order valence-corrected chi connectivity index (χ1v) is 10.6. The third-order valence-corrected chi connectivity index (χ3v) is 6.39. The van der Waals surface area contributed by atoms with Crippen molar-refractivity contribution in [1.82, 2.24) is 4.90 Å². The molecule has 1 spiro atoms. The number of methoxy groups -OCH3 is 1. The minimum atomic E-state index is 0.0181. The van der Waals surface area contributed by atoms with Gasteiger partial charge in [-0.25, -0.2) is 0 Å². The zero-order chi connectivity index (χ0) is 21.0. The Hall–Kier alpha value is -2.57. The van der Waals surface area contributed by atoms with Gasteiger partial charge in [0.15, 0.2) is 0 Å². The number of para-hydroxylation sites is 2. The molecule has 1 heterocycles. The van der Waals surface area contributed by atoms with E-state index in [2.05, 4.69) is 16.3 Å². The molecule has 2 aromatic carbocycles. The number of hydrogen-bond donors (Lipinski definition) is 2. The third-order valence-electron chi connectivity index (χ3n) is 6.39. The fraction of sp³-hybridized carbons (Fsp3) is 0.458. The second kappa shape index (κ2) is 9.06. The Morgan fingerprint density at radius 1 is 1.20 bits per heavy atom. The maximum absolute atomic E-state index is 12.8. The van der Waals surface area contributed by atoms with Gasteiger partial charge >= 0.3 is 0 Å². The molecule has 0 radical (unpaired) electrons. The monoisotopic (exact) mass is 410 g/mol. The lowest BCUT2D eigenvalue weighted by atomic mass is 9.90. The van der Waals surface area contributed by atoms with Gasteiger partial charge in [-0.2, -0.15) is 0 Å². The van der Waals surface area contributed by atoms with E-state index < -0.39 is 0 Å². The number of carbonyl (C=O) groups is 1. The highest BCUT2D eigenvalue weighted by atomic mass is 16.5. The summed E-state index contributed by atoms with van der Waals surface area (Å²) in [6, 6.07) is 15.6. The van der Waals surface area contributed by atoms with Crippen LogP contribution in [0.15, 0.2) is 48.5 Å². The first kappa shape index (κ1) is 20.7. The summed E-state index contributed by atoms with van der Waals surface area (Å²) in [5.41, 5.74) is 2.12. The molecular formula is C24H30N2O4. The summed E-state index contributed by atoms with van der Waals surface area (Å²) in [4.78, 5) is 15.2. The van der Waals surface area contributed by atoms with Gasteiger partial charge in [0, 0.05) is 12.5 Å². The summed E-state index contributed by atoms with van der Waals surface area (Å²) in [5.74, 6) is 1.70. The number of piperidine rings is 1. The Kier molecular flexibility index (Phi) is 6.25. The number of benzene rings is 2. The van der Waals surface area contributed by atoms with Gasteiger partial charge in [-0.3, -0.25) is 9.69 Å². The minimum Gasteiger partial charge on any atom is -0.495 e. The highest BCUT2D eigenvalue weighted by molar-refractivity contribution is 5.96. The quantitative estimate of drug-likeness (QED) is 0.699. The summed E-state index contributed by atoms with van der Waals surface area (Å²) >= 11 is 0. The summed E-state index contributed by atoms with van der Waals surface area (Å²) in [5, 5.41) is 12.0. The molecule has 2 fully saturated rings. The average Bonchev–Trinajstić information content (AvgIpc) is 3.48. The highest BCUT2D eigenvalue weighted by Crippen LogP contribution is 2.59. The topological polar surface area (TPSA) is 71.0 Å². The van der Waals surface area contributed by atoms with Crippen molar-refractivity contribution in [2.75, 3.05) is 38.7 Å². The van der Waals surface area contributed by atoms with E-state index in [1.807, 2.05) is 42.5 Å². The van der Waals surface area contributed by atoms with Crippen LogP contribution in [0, 0.1) is 11.3 Å². The standard InChI is InChI=1S/C24H30N2O4/c1-29-22-8-3-2-7-21(22)25-23(28)20-16-24(20)9-11-26(12-10-24)17-18-5-4-6-19(15-18)30-14-13-27/h2-8,15,20,27H,9-14,16-17H2,1H3,(H,25,28)/t20-/m1/s1. The summed E-state index contributed by atoms with van der Waals surface area (Å²) in [6.07, 6.45) is 3.09. The van der Waals surface area contributed by atoms with E-state index >= 15 is 0 Å². The Bertz CT molecular complexity index is 877. The van der Waals surface area contributed by atoms with E-state index in [0.29, 0.717) is 12.4 Å². The Morgan fingerprint density at radius 2 is 2.00 bits per heavy atom. The van der Waals surface area contributed by atoms with E-state index in [4.69, 9.17) is 14.6 Å². The van der Waals surface area contributed by atoms with Gasteiger partial charge in [-0.05, 0) is 67.6 Å². The molecule has 1 atom stereocenters. The smallest absolute Gasteiger partial charge is 0.228 e. The van der Waals surface area contributed by atoms with Crippen molar-refractivity contribution in [3.8, 4) is 11.5 Å². The fourth-order valence-corrected chi connectivity index (χ4v) is 4.55. The van der Waals surface area contributed by atoms with Crippen LogP contribution in [0.25, 0.3) is 0 Å². The normalized spacial score (nSPS) is 20.0. The Morgan fingerprint density at radius 3 is 2.77 bits per heavy atom. The number of nitrogens with one attached hydrogen (secondary N) is 1. The number of aliphatic hydroxyl groups is 1. The van der Waals surface area contributed by atoms with Crippen LogP contribution in [0.1, 0.15) is 24.8 Å². The van der Waals surface area contributed by atoms with Crippen molar-refractivity contribution in [3.63, 3.8) is 0 Å². The average molecular weight is 411 g/mol. The van der Waals surface area contributed by atoms with Crippen LogP contribution in [-0.2, 0) is 11.3 Å². The van der Waals surface area contributed by atoms with E-state index in [1.165, 1.54) is 5.56 Å². The molecule has 6 nitrogen and oxygen atoms in total. The third kappa shape index (κ3) is 4.60. The van der Waals surface area contributed by atoms with Crippen LogP contribution in [0.3, 0.4) is 0 Å². The minimum absolute atomic E-state index is 0.0181. The van der Waals surface area contributed by atoms with Gasteiger partial charge in [0.2, 0.25) is 5.91 Å². The van der Waals surface area contributed by atoms with Crippen molar-refractivity contribution in [1.29, 1.82) is 0 Å². The van der Waals surface area contributed by atoms with Gasteiger partial charge in [-0.15, -0.1) is 0 Å². The molecule has 2 aromatic rings. The Labute approximate surface area is 177 Å². The number of amides is 1. The van der Waals surface area contributed by atoms with Crippen molar-refractivity contribution in [3.05, 3.63) is 54.1 Å². The Balaban J connectivity index is 1.28. The molecule has 1 saturated heterocycles. The predicted molar refractivity (Wildman–Crippen MR) is 116 cm³/mol. The lowest BCUT2D eigenvalue weighted by molar-refractivity contribution is -0.118. The van der Waals surface area contributed by atoms with E-state index in [-0.39, 0.29) is 23.8 Å². The van der Waals surface area contributed by atoms with E-state index in [1.54, 1.807) is 7.11 Å². The van der Waals surface area contributed by atoms with Gasteiger partial charge in [-0.1, -0.05) is 24.3 Å². The first-order chi connectivity index (χ1) is 14.6. The molecule has 0 bridgehead atoms. The molecule has 160 valence electrons. The predicted octanol–water partition coefficient (Wildman–Crippen LogP) is 3.31. The van der Waals surface area contributed by atoms with Crippen molar-refractivity contribution in [2.24, 2.45) is 11.3 Å².